The van der Waals surface area contributed by atoms with Crippen molar-refractivity contribution in [1.29, 1.82) is 0 Å². The number of benzene rings is 1. The van der Waals surface area contributed by atoms with E-state index in [1.165, 1.54) is 37.4 Å². The first-order chi connectivity index (χ1) is 37.7. The third-order valence-electron chi connectivity index (χ3n) is 11.0. The lowest BCUT2D eigenvalue weighted by atomic mass is 9.91. The standard InChI is InChI=1S/C46H59N13O19S2/c1-21(60)78-11-12-79-80-20-31(44(76)77)57-41(72)30(17-35(67)68)56-40(71)24(16-34(65)66)14-32(62)28(3-2-10-50-45(47)48)54-39(70)23(15-33(63)64)13-27(61)8-9-29(43(74)75)55-38(69)22-4-6-25(7-5-22)51-18-26-19-52-37-36(53-26)42(73)59-46(49)58-37/h4-7,19,23-24,28-31,51H,2-3,8-18,20H2,1H3,(H,54,70)(H,55,69)(H,56,71)(H,57,72)(H,63,64)(H,65,66)(H,67,68)(H,74,75)(H,76,77)(H4,47,48,50)(H3,49,52,58,59,73)/t23-,24-,28-,29-,30-,31-/m0/s1. The average molecular weight is 1160 g/mol. The van der Waals surface area contributed by atoms with Crippen LogP contribution in [0.25, 0.3) is 11.2 Å². The molecule has 0 spiro atoms. The van der Waals surface area contributed by atoms with Crippen molar-refractivity contribution in [3.63, 3.8) is 0 Å². The summed E-state index contributed by atoms with van der Waals surface area (Å²) in [5.41, 5.74) is 16.6. The Morgan fingerprint density at radius 3 is 1.90 bits per heavy atom. The number of guanidine groups is 1. The summed E-state index contributed by atoms with van der Waals surface area (Å²) in [6.45, 7) is 1.14. The summed E-state index contributed by atoms with van der Waals surface area (Å²) in [7, 11) is 2.04. The fraction of sp³-hybridized carbons (Fsp3) is 0.457. The summed E-state index contributed by atoms with van der Waals surface area (Å²) >= 11 is 0. The van der Waals surface area contributed by atoms with Crippen molar-refractivity contribution in [2.75, 3.05) is 35.7 Å². The van der Waals surface area contributed by atoms with E-state index in [1.807, 2.05) is 0 Å². The molecule has 0 aliphatic carbocycles. The number of nitrogen functional groups attached to an aromatic ring is 1. The normalized spacial score (nSPS) is 13.1. The van der Waals surface area contributed by atoms with Crippen molar-refractivity contribution in [1.82, 2.24) is 41.2 Å². The molecule has 2 heterocycles. The summed E-state index contributed by atoms with van der Waals surface area (Å²) < 4.78 is 4.78. The largest absolute Gasteiger partial charge is 0.481 e. The number of anilines is 2. The molecule has 3 aromatic rings. The number of rotatable bonds is 37. The number of esters is 1. The van der Waals surface area contributed by atoms with Gasteiger partial charge in [0.05, 0.1) is 55.6 Å². The van der Waals surface area contributed by atoms with Crippen LogP contribution in [0.1, 0.15) is 80.8 Å². The fourth-order valence-corrected chi connectivity index (χ4v) is 9.10. The van der Waals surface area contributed by atoms with Crippen molar-refractivity contribution in [2.45, 2.75) is 95.4 Å². The Hall–Kier alpha value is -8.95. The molecule has 6 atom stereocenters. The third kappa shape index (κ3) is 23.7. The van der Waals surface area contributed by atoms with Crippen LogP contribution < -0.4 is 49.3 Å². The van der Waals surface area contributed by atoms with Gasteiger partial charge in [0, 0.05) is 55.5 Å². The molecule has 32 nitrogen and oxygen atoms in total. The maximum absolute atomic E-state index is 13.9. The molecule has 0 unspecified atom stereocenters. The smallest absolute Gasteiger partial charge is 0.327 e. The molecule has 0 saturated heterocycles. The number of aromatic amines is 1. The first-order valence-corrected chi connectivity index (χ1v) is 26.4. The lowest BCUT2D eigenvalue weighted by molar-refractivity contribution is -0.145. The lowest BCUT2D eigenvalue weighted by Gasteiger charge is -2.24. The Balaban J connectivity index is 1.71. The molecule has 2 aromatic heterocycles. The highest BCUT2D eigenvalue weighted by Crippen LogP contribution is 2.23. The van der Waals surface area contributed by atoms with E-state index >= 15 is 0 Å². The monoisotopic (exact) mass is 1160 g/mol. The van der Waals surface area contributed by atoms with Gasteiger partial charge in [0.25, 0.3) is 11.5 Å². The number of hydrogen-bond donors (Lipinski definition) is 14. The highest BCUT2D eigenvalue weighted by atomic mass is 33.1. The molecule has 3 rings (SSSR count). The molecule has 4 amide bonds. The molecule has 434 valence electrons. The number of amides is 4. The topological polar surface area (TPSA) is 537 Å². The van der Waals surface area contributed by atoms with E-state index < -0.39 is 158 Å². The zero-order valence-electron chi connectivity index (χ0n) is 42.5. The SMILES string of the molecule is CC(=O)OCCSSC[C@H](NC(=O)[C@H](CC(=O)O)NC(=O)[C@H](CC(=O)O)CC(=O)[C@H](CCCN=C(N)N)NC(=O)[C@H](CC(=O)O)CC(=O)CC[C@H](NC(=O)c1ccc(NCc2cnc3nc(N)[nH]c(=O)c3n2)cc1)C(=O)O)C(=O)O. The van der Waals surface area contributed by atoms with E-state index in [4.69, 9.17) is 21.9 Å². The van der Waals surface area contributed by atoms with Crippen molar-refractivity contribution in [3.05, 3.63) is 52.1 Å². The predicted octanol–water partition coefficient (Wildman–Crippen LogP) is -2.02. The van der Waals surface area contributed by atoms with Gasteiger partial charge in [0.2, 0.25) is 23.7 Å². The molecule has 80 heavy (non-hydrogen) atoms. The summed E-state index contributed by atoms with van der Waals surface area (Å²) in [4.78, 5) is 182. The maximum Gasteiger partial charge on any atom is 0.327 e. The molecule has 0 aliphatic rings. The van der Waals surface area contributed by atoms with Crippen molar-refractivity contribution < 1.29 is 87.8 Å². The number of carboxylic acids is 5. The molecule has 0 saturated carbocycles. The summed E-state index contributed by atoms with van der Waals surface area (Å²) in [6.07, 6.45) is -5.19. The third-order valence-corrected chi connectivity index (χ3v) is 13.4. The molecular weight excluding hydrogens is 1100 g/mol. The number of aromatic nitrogens is 4. The Labute approximate surface area is 460 Å². The molecular formula is C46H59N13O19S2. The van der Waals surface area contributed by atoms with E-state index in [0.717, 1.165) is 21.6 Å². The van der Waals surface area contributed by atoms with Gasteiger partial charge in [-0.2, -0.15) is 4.98 Å². The minimum Gasteiger partial charge on any atom is -0.481 e. The van der Waals surface area contributed by atoms with Crippen molar-refractivity contribution in [3.8, 4) is 0 Å². The predicted molar refractivity (Wildman–Crippen MR) is 282 cm³/mol. The zero-order chi connectivity index (χ0) is 59.6. The second kappa shape index (κ2) is 32.7. The van der Waals surface area contributed by atoms with E-state index in [9.17, 15) is 87.9 Å². The Kier molecular flexibility index (Phi) is 26.7. The van der Waals surface area contributed by atoms with Gasteiger partial charge < -0.3 is 74.1 Å². The number of carbonyl (C=O) groups excluding carboxylic acids is 7. The molecule has 0 radical (unpaired) electrons. The first kappa shape index (κ1) is 65.3. The van der Waals surface area contributed by atoms with Gasteiger partial charge in [-0.05, 0) is 43.5 Å². The molecule has 0 fully saturated rings. The first-order valence-electron chi connectivity index (χ1n) is 23.9. The number of Topliss-reactive ketones (excluding diaryl/α,β-unsaturated/α-hetero) is 2. The van der Waals surface area contributed by atoms with Crippen molar-refractivity contribution in [2.24, 2.45) is 28.3 Å². The Morgan fingerprint density at radius 2 is 1.31 bits per heavy atom. The van der Waals surface area contributed by atoms with Gasteiger partial charge in [-0.3, -0.25) is 62.7 Å². The van der Waals surface area contributed by atoms with E-state index in [0.29, 0.717) is 11.4 Å². The number of fused-ring (bicyclic) bond motifs is 1. The summed E-state index contributed by atoms with van der Waals surface area (Å²) in [5.74, 6) is -19.2. The van der Waals surface area contributed by atoms with Gasteiger partial charge in [-0.1, -0.05) is 21.6 Å². The summed E-state index contributed by atoms with van der Waals surface area (Å²) in [6, 6.07) is -1.25. The molecule has 17 N–H and O–H groups in total. The number of nitrogens with two attached hydrogens (primary N) is 3. The van der Waals surface area contributed by atoms with Gasteiger partial charge in [0.15, 0.2) is 22.9 Å². The highest BCUT2D eigenvalue weighted by Gasteiger charge is 2.35. The number of ketones is 2. The van der Waals surface area contributed by atoms with Crippen LogP contribution in [0.3, 0.4) is 0 Å². The van der Waals surface area contributed by atoms with Crippen LogP contribution in [0.4, 0.5) is 11.6 Å². The van der Waals surface area contributed by atoms with Crippen LogP contribution in [0.5, 0.6) is 0 Å². The van der Waals surface area contributed by atoms with Gasteiger partial charge >= 0.3 is 35.8 Å². The molecule has 1 aromatic carbocycles. The summed E-state index contributed by atoms with van der Waals surface area (Å²) in [5, 5.41) is 60.3. The van der Waals surface area contributed by atoms with Crippen LogP contribution in [0.2, 0.25) is 0 Å². The number of ether oxygens (including phenoxy) is 1. The maximum atomic E-state index is 13.9. The van der Waals surface area contributed by atoms with Crippen LogP contribution >= 0.6 is 21.6 Å². The Bertz CT molecular complexity index is 2870. The van der Waals surface area contributed by atoms with Gasteiger partial charge in [0.1, 0.15) is 30.5 Å². The second-order valence-corrected chi connectivity index (χ2v) is 20.0. The van der Waals surface area contributed by atoms with Crippen LogP contribution in [0.15, 0.2) is 40.2 Å². The number of hydrogen-bond acceptors (Lipinski definition) is 22. The van der Waals surface area contributed by atoms with E-state index in [-0.39, 0.29) is 72.7 Å². The average Bonchev–Trinajstić information content (AvgIpc) is 3.37. The van der Waals surface area contributed by atoms with Crippen molar-refractivity contribution >= 4 is 121 Å². The van der Waals surface area contributed by atoms with Crippen LogP contribution in [-0.4, -0.2) is 171 Å². The number of nitrogens with zero attached hydrogens (tertiary/aromatic N) is 4. The quantitative estimate of drug-likeness (QED) is 0.00974. The van der Waals surface area contributed by atoms with Gasteiger partial charge in [-0.25, -0.2) is 19.6 Å². The van der Waals surface area contributed by atoms with Crippen LogP contribution in [0, 0.1) is 11.8 Å². The number of nitrogens with one attached hydrogen (secondary N) is 6. The number of aliphatic imine (C=N–C) groups is 1. The molecule has 0 aliphatic heterocycles. The van der Waals surface area contributed by atoms with E-state index in [2.05, 4.69) is 51.5 Å². The second-order valence-electron chi connectivity index (χ2n) is 17.3. The Morgan fingerprint density at radius 1 is 0.713 bits per heavy atom. The lowest BCUT2D eigenvalue weighted by Crippen LogP contribution is -2.54. The van der Waals surface area contributed by atoms with Gasteiger partial charge in [-0.15, -0.1) is 0 Å². The number of aliphatic carboxylic acids is 5. The fourth-order valence-electron chi connectivity index (χ4n) is 7.11. The van der Waals surface area contributed by atoms with E-state index in [1.54, 1.807) is 0 Å². The molecule has 34 heteroatoms. The zero-order valence-corrected chi connectivity index (χ0v) is 44.2. The number of carbonyl (C=O) groups is 12. The minimum absolute atomic E-state index is 0.000759. The number of carboxylic acid groups (broad SMARTS) is 5. The number of H-pyrrole nitrogens is 1. The molecule has 0 bridgehead atoms. The highest BCUT2D eigenvalue weighted by molar-refractivity contribution is 8.76. The minimum atomic E-state index is -2.01. The van der Waals surface area contributed by atoms with Crippen LogP contribution in [-0.2, 0) is 64.0 Å².